The Morgan fingerprint density at radius 1 is 0.846 bits per heavy atom. The van der Waals surface area contributed by atoms with Crippen LogP contribution >= 0.6 is 0 Å². The second-order valence-electron chi connectivity index (χ2n) is 16.6. The molecule has 3 aromatic carbocycles. The third-order valence-corrected chi connectivity index (χ3v) is 11.5. The predicted octanol–water partition coefficient (Wildman–Crippen LogP) is 3.85. The number of nitrogens with one attached hydrogen (secondary N) is 4. The number of carbonyl (C=O) groups is 5. The van der Waals surface area contributed by atoms with Crippen LogP contribution in [0.25, 0.3) is 11.1 Å². The molecule has 4 rings (SSSR count). The van der Waals surface area contributed by atoms with Crippen LogP contribution in [0, 0.1) is 18.3 Å². The Labute approximate surface area is 383 Å². The van der Waals surface area contributed by atoms with Crippen LogP contribution in [0.5, 0.6) is 11.5 Å². The summed E-state index contributed by atoms with van der Waals surface area (Å²) in [5, 5.41) is 20.2. The van der Waals surface area contributed by atoms with Crippen LogP contribution in [0.4, 0.5) is 0 Å². The number of fused-ring (bicyclic) bond motifs is 5. The minimum atomic E-state index is -1.34. The Balaban J connectivity index is 1.81. The Bertz CT molecular complexity index is 2120. The number of benzene rings is 3. The maximum absolute atomic E-state index is 14.9. The number of amides is 5. The first-order valence-electron chi connectivity index (χ1n) is 22.9. The van der Waals surface area contributed by atoms with Crippen molar-refractivity contribution < 1.29 is 33.4 Å². The highest BCUT2D eigenvalue weighted by molar-refractivity contribution is 6.00. The van der Waals surface area contributed by atoms with Crippen molar-refractivity contribution in [1.82, 2.24) is 26.2 Å². The average Bonchev–Trinajstić information content (AvgIpc) is 3.30. The Kier molecular flexibility index (Phi) is 21.2. The van der Waals surface area contributed by atoms with E-state index in [9.17, 15) is 29.2 Å². The number of rotatable bonds is 23. The SMILES string of the molecule is CCCCCCCCc1ccc(C)c(C(=O)N[C@@H](CCCCN)C(=O)N(C)[C@@H]2C(=O)N[C@@H](C)C(=O)N[C@H](C(=O)NCC#N)Cc3ccc(OCCN)c(c3)-c3cc2ccc3OCCN)c1. The summed E-state index contributed by atoms with van der Waals surface area (Å²) in [6.07, 6.45) is 9.14. The number of nitrogens with zero attached hydrogens (tertiary/aromatic N) is 2. The molecule has 0 aliphatic carbocycles. The molecule has 3 aromatic rings. The minimum Gasteiger partial charge on any atom is -0.492 e. The van der Waals surface area contributed by atoms with E-state index in [0.717, 1.165) is 30.4 Å². The maximum Gasteiger partial charge on any atom is 0.252 e. The first-order chi connectivity index (χ1) is 31.4. The van der Waals surface area contributed by atoms with E-state index in [-0.39, 0.29) is 45.7 Å². The fourth-order valence-electron chi connectivity index (χ4n) is 7.87. The zero-order valence-corrected chi connectivity index (χ0v) is 38.5. The van der Waals surface area contributed by atoms with Gasteiger partial charge in [0.25, 0.3) is 5.91 Å². The van der Waals surface area contributed by atoms with Crippen molar-refractivity contribution in [3.63, 3.8) is 0 Å². The maximum atomic E-state index is 14.9. The van der Waals surface area contributed by atoms with Crippen LogP contribution in [-0.2, 0) is 32.0 Å². The first kappa shape index (κ1) is 51.6. The molecule has 0 spiro atoms. The van der Waals surface area contributed by atoms with Gasteiger partial charge in [-0.05, 0) is 105 Å². The molecule has 5 amide bonds. The Morgan fingerprint density at radius 2 is 1.52 bits per heavy atom. The normalized spacial score (nSPS) is 16.5. The molecule has 4 bridgehead atoms. The molecule has 0 saturated carbocycles. The second-order valence-corrected chi connectivity index (χ2v) is 16.6. The van der Waals surface area contributed by atoms with Crippen LogP contribution in [-0.4, -0.2) is 99.0 Å². The molecule has 16 heteroatoms. The second kappa shape index (κ2) is 26.7. The van der Waals surface area contributed by atoms with Gasteiger partial charge in [-0.25, -0.2) is 0 Å². The third-order valence-electron chi connectivity index (χ3n) is 11.5. The van der Waals surface area contributed by atoms with Crippen molar-refractivity contribution in [2.45, 2.75) is 116 Å². The van der Waals surface area contributed by atoms with E-state index in [1.165, 1.54) is 44.6 Å². The van der Waals surface area contributed by atoms with Gasteiger partial charge in [0.15, 0.2) is 0 Å². The average molecular weight is 896 g/mol. The molecule has 1 heterocycles. The summed E-state index contributed by atoms with van der Waals surface area (Å²) in [4.78, 5) is 72.1. The smallest absolute Gasteiger partial charge is 0.252 e. The quantitative estimate of drug-likeness (QED) is 0.0532. The summed E-state index contributed by atoms with van der Waals surface area (Å²) < 4.78 is 12.2. The van der Waals surface area contributed by atoms with Gasteiger partial charge >= 0.3 is 0 Å². The molecule has 10 N–H and O–H groups in total. The molecule has 0 fully saturated rings. The molecule has 1 aliphatic heterocycles. The van der Waals surface area contributed by atoms with Gasteiger partial charge in [0.05, 0.1) is 6.07 Å². The van der Waals surface area contributed by atoms with Crippen molar-refractivity contribution in [2.24, 2.45) is 17.2 Å². The van der Waals surface area contributed by atoms with Crippen LogP contribution in [0.3, 0.4) is 0 Å². The highest BCUT2D eigenvalue weighted by Gasteiger charge is 2.36. The van der Waals surface area contributed by atoms with E-state index >= 15 is 0 Å². The summed E-state index contributed by atoms with van der Waals surface area (Å²) in [7, 11) is 1.49. The first-order valence-corrected chi connectivity index (χ1v) is 22.9. The minimum absolute atomic E-state index is 0.0204. The standard InChI is InChI=1S/C49H69N9O7/c1-5-6-7-8-9-10-13-34-16-15-32(2)37(28-34)46(60)56-40(14-11-12-21-50)49(63)58(4)44-36-18-20-43(65-27-24-53)39(31-36)38-29-35(17-19-42(38)64-26-23-52)30-41(47(61)54-25-22-51)57-45(59)33(3)55-48(44)62/h15-20,28-29,31,33,40-41,44H,5-14,21,23-27,30,50,52-53H2,1-4H3,(H,54,61)(H,55,62)(H,56,60)(H,57,59)/t33-,40-,41-,44-/m0/s1. The summed E-state index contributed by atoms with van der Waals surface area (Å²) in [6, 6.07) is 13.4. The number of aryl methyl sites for hydroxylation is 2. The lowest BCUT2D eigenvalue weighted by Crippen LogP contribution is -2.56. The molecule has 65 heavy (non-hydrogen) atoms. The molecular formula is C49H69N9O7. The van der Waals surface area contributed by atoms with Crippen LogP contribution in [0.1, 0.15) is 110 Å². The van der Waals surface area contributed by atoms with Crippen molar-refractivity contribution >= 4 is 29.5 Å². The zero-order chi connectivity index (χ0) is 47.3. The molecule has 0 unspecified atom stereocenters. The van der Waals surface area contributed by atoms with E-state index in [2.05, 4.69) is 28.2 Å². The fraction of sp³-hybridized carbons (Fsp3) is 0.510. The van der Waals surface area contributed by atoms with Gasteiger partial charge in [0.1, 0.15) is 55.4 Å². The van der Waals surface area contributed by atoms with Gasteiger partial charge in [-0.15, -0.1) is 0 Å². The Morgan fingerprint density at radius 3 is 2.20 bits per heavy atom. The van der Waals surface area contributed by atoms with Gasteiger partial charge in [-0.2, -0.15) is 5.26 Å². The van der Waals surface area contributed by atoms with Crippen LogP contribution < -0.4 is 47.9 Å². The number of hydrogen-bond acceptors (Lipinski definition) is 11. The number of nitrogens with two attached hydrogens (primary N) is 3. The zero-order valence-electron chi connectivity index (χ0n) is 38.5. The molecule has 4 atom stereocenters. The summed E-state index contributed by atoms with van der Waals surface area (Å²) in [6.45, 7) is 6.36. The van der Waals surface area contributed by atoms with Crippen LogP contribution in [0.15, 0.2) is 54.6 Å². The van der Waals surface area contributed by atoms with Gasteiger partial charge in [0.2, 0.25) is 23.6 Å². The van der Waals surface area contributed by atoms with Gasteiger partial charge in [-0.1, -0.05) is 63.3 Å². The topological polar surface area (TPSA) is 257 Å². The van der Waals surface area contributed by atoms with Gasteiger partial charge in [-0.3, -0.25) is 24.0 Å². The highest BCUT2D eigenvalue weighted by Crippen LogP contribution is 2.40. The van der Waals surface area contributed by atoms with E-state index in [1.807, 2.05) is 31.2 Å². The molecule has 0 aromatic heterocycles. The number of ether oxygens (including phenoxy) is 2. The molecule has 1 aliphatic rings. The Hall–Kier alpha value is -6.02. The molecule has 352 valence electrons. The molecule has 0 radical (unpaired) electrons. The monoisotopic (exact) mass is 896 g/mol. The highest BCUT2D eigenvalue weighted by atomic mass is 16.5. The van der Waals surface area contributed by atoms with Crippen molar-refractivity contribution in [2.75, 3.05) is 46.4 Å². The van der Waals surface area contributed by atoms with Crippen molar-refractivity contribution in [3.8, 4) is 28.7 Å². The van der Waals surface area contributed by atoms with E-state index in [4.69, 9.17) is 26.7 Å². The lowest BCUT2D eigenvalue weighted by atomic mass is 9.93. The number of hydrogen-bond donors (Lipinski definition) is 7. The molecule has 0 saturated heterocycles. The third kappa shape index (κ3) is 15.0. The predicted molar refractivity (Wildman–Crippen MR) is 251 cm³/mol. The number of nitriles is 1. The summed E-state index contributed by atoms with van der Waals surface area (Å²) in [5.74, 6) is -2.10. The van der Waals surface area contributed by atoms with E-state index < -0.39 is 53.7 Å². The van der Waals surface area contributed by atoms with Crippen molar-refractivity contribution in [1.29, 1.82) is 5.26 Å². The lowest BCUT2D eigenvalue weighted by Gasteiger charge is -2.33. The summed E-state index contributed by atoms with van der Waals surface area (Å²) >= 11 is 0. The largest absolute Gasteiger partial charge is 0.492 e. The van der Waals surface area contributed by atoms with Crippen molar-refractivity contribution in [3.05, 3.63) is 82.4 Å². The fourth-order valence-corrected chi connectivity index (χ4v) is 7.87. The van der Waals surface area contributed by atoms with Gasteiger partial charge in [0, 0.05) is 43.2 Å². The lowest BCUT2D eigenvalue weighted by molar-refractivity contribution is -0.141. The van der Waals surface area contributed by atoms with Gasteiger partial charge < -0.3 is 52.8 Å². The number of unbranched alkanes of at least 4 members (excludes halogenated alkanes) is 6. The van der Waals surface area contributed by atoms with E-state index in [1.54, 1.807) is 36.4 Å². The number of likely N-dealkylation sites (N-methyl/N-ethyl adjacent to an activating group) is 1. The molecular weight excluding hydrogens is 827 g/mol. The van der Waals surface area contributed by atoms with E-state index in [0.29, 0.717) is 58.7 Å². The summed E-state index contributed by atoms with van der Waals surface area (Å²) in [5.41, 5.74) is 21.9. The number of carbonyl (C=O) groups excluding carboxylic acids is 5. The molecule has 16 nitrogen and oxygen atoms in total. The van der Waals surface area contributed by atoms with Crippen LogP contribution in [0.2, 0.25) is 0 Å².